The van der Waals surface area contributed by atoms with Gasteiger partial charge in [-0.15, -0.1) is 0 Å². The number of hydrogen-bond acceptors (Lipinski definition) is 5. The van der Waals surface area contributed by atoms with Gasteiger partial charge in [-0.1, -0.05) is 24.4 Å². The summed E-state index contributed by atoms with van der Waals surface area (Å²) in [6, 6.07) is 3.70. The molecule has 1 aliphatic carbocycles. The van der Waals surface area contributed by atoms with Crippen LogP contribution in [0.2, 0.25) is 0 Å². The summed E-state index contributed by atoms with van der Waals surface area (Å²) < 4.78 is 12.5. The number of hydrogen-bond donors (Lipinski definition) is 0. The van der Waals surface area contributed by atoms with Crippen LogP contribution in [-0.4, -0.2) is 27.4 Å². The summed E-state index contributed by atoms with van der Waals surface area (Å²) in [5, 5.41) is 3.91. The molecule has 1 atom stereocenters. The van der Waals surface area contributed by atoms with E-state index in [2.05, 4.69) is 10.1 Å². The summed E-state index contributed by atoms with van der Waals surface area (Å²) in [6.45, 7) is 1.31. The van der Waals surface area contributed by atoms with Crippen molar-refractivity contribution in [2.24, 2.45) is 5.41 Å². The van der Waals surface area contributed by atoms with E-state index in [1.165, 1.54) is 32.1 Å². The molecule has 3 heterocycles. The van der Waals surface area contributed by atoms with Crippen LogP contribution in [-0.2, 0) is 11.3 Å². The minimum atomic E-state index is -0.433. The molecular formula is C17H21N3O3. The van der Waals surface area contributed by atoms with Crippen LogP contribution in [0.3, 0.4) is 0 Å². The minimum Gasteiger partial charge on any atom is -0.376 e. The molecule has 2 aromatic rings. The number of pyridine rings is 1. The van der Waals surface area contributed by atoms with Gasteiger partial charge in [0.15, 0.2) is 5.82 Å². The fourth-order valence-electron chi connectivity index (χ4n) is 4.00. The van der Waals surface area contributed by atoms with Gasteiger partial charge in [-0.05, 0) is 36.8 Å². The van der Waals surface area contributed by atoms with Crippen LogP contribution in [0.25, 0.3) is 11.4 Å². The zero-order chi connectivity index (χ0) is 15.7. The second-order valence-electron chi connectivity index (χ2n) is 6.82. The Balaban J connectivity index is 1.54. The van der Waals surface area contributed by atoms with Crippen molar-refractivity contribution >= 4 is 0 Å². The third kappa shape index (κ3) is 2.83. The summed E-state index contributed by atoms with van der Waals surface area (Å²) in [5.74, 6) is 0.0911. The highest BCUT2D eigenvalue weighted by Gasteiger charge is 2.41. The van der Waals surface area contributed by atoms with Gasteiger partial charge in [0.1, 0.15) is 0 Å². The van der Waals surface area contributed by atoms with Crippen LogP contribution in [0, 0.1) is 5.41 Å². The van der Waals surface area contributed by atoms with Gasteiger partial charge in [0.25, 0.3) is 0 Å². The van der Waals surface area contributed by atoms with E-state index in [0.29, 0.717) is 17.8 Å². The molecule has 1 spiro atoms. The molecule has 2 aromatic heterocycles. The summed E-state index contributed by atoms with van der Waals surface area (Å²) >= 11 is 0. The molecule has 4 rings (SSSR count). The first-order valence-electron chi connectivity index (χ1n) is 8.34. The van der Waals surface area contributed by atoms with Crippen LogP contribution < -0.4 is 5.76 Å². The van der Waals surface area contributed by atoms with E-state index in [9.17, 15) is 4.79 Å². The van der Waals surface area contributed by atoms with Gasteiger partial charge in [-0.25, -0.2) is 4.79 Å². The van der Waals surface area contributed by atoms with Gasteiger partial charge < -0.3 is 4.74 Å². The van der Waals surface area contributed by atoms with Crippen molar-refractivity contribution < 1.29 is 9.26 Å². The third-order valence-electron chi connectivity index (χ3n) is 5.19. The highest BCUT2D eigenvalue weighted by atomic mass is 16.5. The fourth-order valence-corrected chi connectivity index (χ4v) is 4.00. The zero-order valence-corrected chi connectivity index (χ0v) is 13.1. The predicted octanol–water partition coefficient (Wildman–Crippen LogP) is 2.64. The Labute approximate surface area is 134 Å². The van der Waals surface area contributed by atoms with Crippen molar-refractivity contribution in [3.05, 3.63) is 35.1 Å². The first kappa shape index (κ1) is 14.6. The molecule has 0 amide bonds. The monoisotopic (exact) mass is 315 g/mol. The van der Waals surface area contributed by atoms with E-state index in [0.717, 1.165) is 18.6 Å². The number of rotatable bonds is 3. The van der Waals surface area contributed by atoms with Gasteiger partial charge >= 0.3 is 5.76 Å². The van der Waals surface area contributed by atoms with Crippen molar-refractivity contribution in [3.63, 3.8) is 0 Å². The second kappa shape index (κ2) is 5.92. The number of nitrogens with zero attached hydrogens (tertiary/aromatic N) is 3. The highest BCUT2D eigenvalue weighted by Crippen LogP contribution is 2.45. The standard InChI is InChI=1S/C17H21N3O3/c21-16-20(15(19-23-16)13-5-4-8-18-10-13)11-14-9-17(12-22-14)6-2-1-3-7-17/h4-5,8,10,14H,1-3,6-7,9,11-12H2. The maximum Gasteiger partial charge on any atom is 0.441 e. The van der Waals surface area contributed by atoms with Crippen LogP contribution in [0.4, 0.5) is 0 Å². The predicted molar refractivity (Wildman–Crippen MR) is 83.9 cm³/mol. The molecule has 6 nitrogen and oxygen atoms in total. The highest BCUT2D eigenvalue weighted by molar-refractivity contribution is 5.52. The lowest BCUT2D eigenvalue weighted by atomic mass is 9.73. The molecule has 23 heavy (non-hydrogen) atoms. The molecule has 0 aromatic carbocycles. The number of aromatic nitrogens is 3. The molecular weight excluding hydrogens is 294 g/mol. The van der Waals surface area contributed by atoms with Crippen molar-refractivity contribution in [1.29, 1.82) is 0 Å². The quantitative estimate of drug-likeness (QED) is 0.871. The van der Waals surface area contributed by atoms with E-state index in [1.54, 1.807) is 17.0 Å². The van der Waals surface area contributed by atoms with Crippen LogP contribution in [0.5, 0.6) is 0 Å². The van der Waals surface area contributed by atoms with E-state index in [-0.39, 0.29) is 6.10 Å². The van der Waals surface area contributed by atoms with Gasteiger partial charge in [-0.2, -0.15) is 0 Å². The molecule has 1 saturated heterocycles. The van der Waals surface area contributed by atoms with Crippen molar-refractivity contribution in [3.8, 4) is 11.4 Å². The van der Waals surface area contributed by atoms with E-state index in [4.69, 9.17) is 9.26 Å². The maximum atomic E-state index is 12.0. The molecule has 0 bridgehead atoms. The minimum absolute atomic E-state index is 0.0561. The van der Waals surface area contributed by atoms with Gasteiger partial charge in [0.05, 0.1) is 19.3 Å². The second-order valence-corrected chi connectivity index (χ2v) is 6.82. The molecule has 122 valence electrons. The average Bonchev–Trinajstić information content (AvgIpc) is 3.14. The zero-order valence-electron chi connectivity index (χ0n) is 13.1. The average molecular weight is 315 g/mol. The Bertz CT molecular complexity index is 716. The lowest BCUT2D eigenvalue weighted by Crippen LogP contribution is -2.26. The van der Waals surface area contributed by atoms with Crippen LogP contribution in [0.15, 0.2) is 33.8 Å². The summed E-state index contributed by atoms with van der Waals surface area (Å²) in [7, 11) is 0. The molecule has 1 saturated carbocycles. The Morgan fingerprint density at radius 1 is 1.30 bits per heavy atom. The molecule has 6 heteroatoms. The number of ether oxygens (including phenoxy) is 1. The molecule has 1 aliphatic heterocycles. The molecule has 1 unspecified atom stereocenters. The Kier molecular flexibility index (Phi) is 3.77. The normalized spacial score (nSPS) is 23.4. The summed E-state index contributed by atoms with van der Waals surface area (Å²) in [6.07, 6.45) is 10.9. The van der Waals surface area contributed by atoms with E-state index in [1.807, 2.05) is 12.1 Å². The largest absolute Gasteiger partial charge is 0.441 e. The summed E-state index contributed by atoms with van der Waals surface area (Å²) in [5.41, 5.74) is 1.11. The lowest BCUT2D eigenvalue weighted by Gasteiger charge is -2.31. The Hall–Kier alpha value is -1.95. The van der Waals surface area contributed by atoms with E-state index < -0.39 is 5.76 Å². The van der Waals surface area contributed by atoms with Crippen molar-refractivity contribution in [2.75, 3.05) is 6.61 Å². The molecule has 2 aliphatic rings. The van der Waals surface area contributed by atoms with Gasteiger partial charge in [0.2, 0.25) is 0 Å². The third-order valence-corrected chi connectivity index (χ3v) is 5.19. The first-order chi connectivity index (χ1) is 11.3. The molecule has 0 N–H and O–H groups in total. The lowest BCUT2D eigenvalue weighted by molar-refractivity contribution is 0.0750. The Morgan fingerprint density at radius 3 is 2.96 bits per heavy atom. The van der Waals surface area contributed by atoms with Gasteiger partial charge in [0, 0.05) is 18.0 Å². The van der Waals surface area contributed by atoms with E-state index >= 15 is 0 Å². The fraction of sp³-hybridized carbons (Fsp3) is 0.588. The van der Waals surface area contributed by atoms with Gasteiger partial charge in [-0.3, -0.25) is 14.1 Å². The Morgan fingerprint density at radius 2 is 2.17 bits per heavy atom. The molecule has 0 radical (unpaired) electrons. The van der Waals surface area contributed by atoms with Crippen molar-refractivity contribution in [1.82, 2.24) is 14.7 Å². The SMILES string of the molecule is O=c1onc(-c2cccnc2)n1CC1CC2(CCCCC2)CO1. The summed E-state index contributed by atoms with van der Waals surface area (Å²) in [4.78, 5) is 16.1. The van der Waals surface area contributed by atoms with Crippen molar-refractivity contribution in [2.45, 2.75) is 51.2 Å². The smallest absolute Gasteiger partial charge is 0.376 e. The van der Waals surface area contributed by atoms with Crippen LogP contribution in [0.1, 0.15) is 38.5 Å². The van der Waals surface area contributed by atoms with Crippen LogP contribution >= 0.6 is 0 Å². The molecule has 2 fully saturated rings. The topological polar surface area (TPSA) is 70.2 Å². The first-order valence-corrected chi connectivity index (χ1v) is 8.34. The maximum absolute atomic E-state index is 12.0.